The summed E-state index contributed by atoms with van der Waals surface area (Å²) in [4.78, 5) is 26.3. The molecule has 0 aliphatic carbocycles. The molecule has 0 unspecified atom stereocenters. The zero-order valence-electron chi connectivity index (χ0n) is 16.2. The molecule has 3 aromatic rings. The van der Waals surface area contributed by atoms with Gasteiger partial charge in [0.15, 0.2) is 0 Å². The lowest BCUT2D eigenvalue weighted by Crippen LogP contribution is -2.30. The Morgan fingerprint density at radius 1 is 1.14 bits per heavy atom. The molecule has 0 bridgehead atoms. The topological polar surface area (TPSA) is 66.4 Å². The SMILES string of the molecule is Cc1ccc(C(=O)NCCn2c(C)cc3ccccc32)cc1N1CCNC1=O. The molecule has 3 amide bonds. The highest BCUT2D eigenvalue weighted by Gasteiger charge is 2.23. The largest absolute Gasteiger partial charge is 0.350 e. The van der Waals surface area contributed by atoms with E-state index in [4.69, 9.17) is 0 Å². The van der Waals surface area contributed by atoms with Crippen molar-refractivity contribution in [1.29, 1.82) is 0 Å². The third kappa shape index (κ3) is 3.33. The van der Waals surface area contributed by atoms with Crippen LogP contribution >= 0.6 is 0 Å². The van der Waals surface area contributed by atoms with Crippen molar-refractivity contribution in [2.75, 3.05) is 24.5 Å². The average molecular weight is 376 g/mol. The number of carbonyl (C=O) groups is 2. The van der Waals surface area contributed by atoms with Gasteiger partial charge in [-0.15, -0.1) is 0 Å². The van der Waals surface area contributed by atoms with Crippen LogP contribution in [-0.4, -0.2) is 36.1 Å². The summed E-state index contributed by atoms with van der Waals surface area (Å²) < 4.78 is 2.21. The Balaban J connectivity index is 1.45. The Bertz CT molecular complexity index is 1050. The highest BCUT2D eigenvalue weighted by molar-refractivity contribution is 5.99. The Hall–Kier alpha value is -3.28. The minimum absolute atomic E-state index is 0.115. The summed E-state index contributed by atoms with van der Waals surface area (Å²) in [6.45, 7) is 6.51. The fourth-order valence-corrected chi connectivity index (χ4v) is 3.77. The number of aryl methyl sites for hydroxylation is 2. The summed E-state index contributed by atoms with van der Waals surface area (Å²) in [6.07, 6.45) is 0. The summed E-state index contributed by atoms with van der Waals surface area (Å²) in [6, 6.07) is 15.8. The van der Waals surface area contributed by atoms with Gasteiger partial charge >= 0.3 is 6.03 Å². The van der Waals surface area contributed by atoms with Crippen LogP contribution in [0.1, 0.15) is 21.6 Å². The predicted molar refractivity (Wildman–Crippen MR) is 111 cm³/mol. The number of fused-ring (bicyclic) bond motifs is 1. The molecule has 1 saturated heterocycles. The van der Waals surface area contributed by atoms with Crippen LogP contribution in [-0.2, 0) is 6.54 Å². The first-order chi connectivity index (χ1) is 13.5. The lowest BCUT2D eigenvalue weighted by molar-refractivity contribution is 0.0952. The van der Waals surface area contributed by atoms with Crippen molar-refractivity contribution in [3.63, 3.8) is 0 Å². The van der Waals surface area contributed by atoms with Crippen LogP contribution in [0.4, 0.5) is 10.5 Å². The number of para-hydroxylation sites is 1. The third-order valence-corrected chi connectivity index (χ3v) is 5.26. The normalized spacial score (nSPS) is 13.8. The van der Waals surface area contributed by atoms with Gasteiger partial charge in [-0.2, -0.15) is 0 Å². The summed E-state index contributed by atoms with van der Waals surface area (Å²) in [5.74, 6) is -0.130. The van der Waals surface area contributed by atoms with E-state index in [0.29, 0.717) is 31.7 Å². The van der Waals surface area contributed by atoms with Crippen molar-refractivity contribution in [1.82, 2.24) is 15.2 Å². The number of hydrogen-bond donors (Lipinski definition) is 2. The first kappa shape index (κ1) is 18.1. The lowest BCUT2D eigenvalue weighted by atomic mass is 10.1. The van der Waals surface area contributed by atoms with Gasteiger partial charge in [0.1, 0.15) is 0 Å². The lowest BCUT2D eigenvalue weighted by Gasteiger charge is -2.18. The van der Waals surface area contributed by atoms with Crippen molar-refractivity contribution >= 4 is 28.5 Å². The van der Waals surface area contributed by atoms with Gasteiger partial charge in [0, 0.05) is 48.6 Å². The van der Waals surface area contributed by atoms with Crippen molar-refractivity contribution in [3.8, 4) is 0 Å². The van der Waals surface area contributed by atoms with Crippen LogP contribution in [0.5, 0.6) is 0 Å². The molecule has 2 heterocycles. The van der Waals surface area contributed by atoms with Crippen LogP contribution in [0.3, 0.4) is 0 Å². The number of anilines is 1. The molecule has 6 heteroatoms. The molecule has 1 aliphatic heterocycles. The van der Waals surface area contributed by atoms with Gasteiger partial charge < -0.3 is 15.2 Å². The predicted octanol–water partition coefficient (Wildman–Crippen LogP) is 3.22. The number of aromatic nitrogens is 1. The molecule has 0 saturated carbocycles. The Kier molecular flexibility index (Phi) is 4.77. The summed E-state index contributed by atoms with van der Waals surface area (Å²) in [5, 5.41) is 7.00. The quantitative estimate of drug-likeness (QED) is 0.718. The number of benzene rings is 2. The molecule has 0 spiro atoms. The average Bonchev–Trinajstić information content (AvgIpc) is 3.25. The van der Waals surface area contributed by atoms with E-state index in [9.17, 15) is 9.59 Å². The van der Waals surface area contributed by atoms with Crippen LogP contribution in [0.2, 0.25) is 0 Å². The van der Waals surface area contributed by atoms with E-state index in [1.54, 1.807) is 17.0 Å². The van der Waals surface area contributed by atoms with Crippen molar-refractivity contribution in [3.05, 3.63) is 65.4 Å². The zero-order valence-corrected chi connectivity index (χ0v) is 16.2. The highest BCUT2D eigenvalue weighted by Crippen LogP contribution is 2.23. The summed E-state index contributed by atoms with van der Waals surface area (Å²) >= 11 is 0. The smallest absolute Gasteiger partial charge is 0.322 e. The van der Waals surface area contributed by atoms with E-state index in [1.165, 1.54) is 16.6 Å². The minimum atomic E-state index is -0.130. The second kappa shape index (κ2) is 7.38. The standard InChI is InChI=1S/C22H24N4O2/c1-15-7-8-18(14-20(15)26-12-10-24-22(26)28)21(27)23-9-11-25-16(2)13-17-5-3-4-6-19(17)25/h3-8,13-14H,9-12H2,1-2H3,(H,23,27)(H,24,28). The maximum Gasteiger partial charge on any atom is 0.322 e. The minimum Gasteiger partial charge on any atom is -0.350 e. The van der Waals surface area contributed by atoms with Crippen molar-refractivity contribution < 1.29 is 9.59 Å². The highest BCUT2D eigenvalue weighted by atomic mass is 16.2. The third-order valence-electron chi connectivity index (χ3n) is 5.26. The van der Waals surface area contributed by atoms with Gasteiger partial charge in [0.2, 0.25) is 0 Å². The van der Waals surface area contributed by atoms with Crippen LogP contribution in [0, 0.1) is 13.8 Å². The molecule has 4 rings (SSSR count). The Morgan fingerprint density at radius 3 is 2.75 bits per heavy atom. The number of carbonyl (C=O) groups excluding carboxylic acids is 2. The number of urea groups is 1. The fraction of sp³-hybridized carbons (Fsp3) is 0.273. The monoisotopic (exact) mass is 376 g/mol. The van der Waals surface area contributed by atoms with Crippen LogP contribution in [0.15, 0.2) is 48.5 Å². The molecule has 1 aliphatic rings. The van der Waals surface area contributed by atoms with Gasteiger partial charge in [-0.05, 0) is 49.1 Å². The second-order valence-corrected chi connectivity index (χ2v) is 7.14. The van der Waals surface area contributed by atoms with Gasteiger partial charge in [0.25, 0.3) is 5.91 Å². The van der Waals surface area contributed by atoms with Gasteiger partial charge in [-0.25, -0.2) is 4.79 Å². The summed E-state index contributed by atoms with van der Waals surface area (Å²) in [7, 11) is 0. The molecule has 0 radical (unpaired) electrons. The molecule has 1 fully saturated rings. The zero-order chi connectivity index (χ0) is 19.7. The first-order valence-electron chi connectivity index (χ1n) is 9.53. The van der Waals surface area contributed by atoms with Gasteiger partial charge in [-0.3, -0.25) is 9.69 Å². The molecule has 1 aromatic heterocycles. The Labute approximate surface area is 164 Å². The van der Waals surface area contributed by atoms with Gasteiger partial charge in [0.05, 0.1) is 0 Å². The van der Waals surface area contributed by atoms with Crippen LogP contribution < -0.4 is 15.5 Å². The van der Waals surface area contributed by atoms with E-state index < -0.39 is 0 Å². The second-order valence-electron chi connectivity index (χ2n) is 7.14. The van der Waals surface area contributed by atoms with E-state index in [2.05, 4.69) is 40.3 Å². The maximum absolute atomic E-state index is 12.6. The van der Waals surface area contributed by atoms with Crippen molar-refractivity contribution in [2.45, 2.75) is 20.4 Å². The summed E-state index contributed by atoms with van der Waals surface area (Å²) in [5.41, 5.74) is 4.67. The van der Waals surface area contributed by atoms with E-state index >= 15 is 0 Å². The first-order valence-corrected chi connectivity index (χ1v) is 9.53. The molecule has 0 atom stereocenters. The molecular weight excluding hydrogens is 352 g/mol. The van der Waals surface area contributed by atoms with E-state index in [0.717, 1.165) is 11.3 Å². The fourth-order valence-electron chi connectivity index (χ4n) is 3.77. The Morgan fingerprint density at radius 2 is 1.96 bits per heavy atom. The number of rotatable bonds is 5. The molecule has 144 valence electrons. The molecule has 6 nitrogen and oxygen atoms in total. The molecule has 2 N–H and O–H groups in total. The number of amides is 3. The van der Waals surface area contributed by atoms with E-state index in [1.807, 2.05) is 25.1 Å². The van der Waals surface area contributed by atoms with E-state index in [-0.39, 0.29) is 11.9 Å². The molecule has 2 aromatic carbocycles. The maximum atomic E-state index is 12.6. The number of nitrogens with zero attached hydrogens (tertiary/aromatic N) is 2. The molecular formula is C22H24N4O2. The van der Waals surface area contributed by atoms with Gasteiger partial charge in [-0.1, -0.05) is 24.3 Å². The molecule has 28 heavy (non-hydrogen) atoms. The van der Waals surface area contributed by atoms with Crippen molar-refractivity contribution in [2.24, 2.45) is 0 Å². The number of nitrogens with one attached hydrogen (secondary N) is 2. The number of hydrogen-bond acceptors (Lipinski definition) is 2. The van der Waals surface area contributed by atoms with Crippen LogP contribution in [0.25, 0.3) is 10.9 Å².